The van der Waals surface area contributed by atoms with E-state index in [-0.39, 0.29) is 22.4 Å². The largest absolute Gasteiger partial charge is 0.335 e. The lowest BCUT2D eigenvalue weighted by atomic mass is 9.86. The Morgan fingerprint density at radius 1 is 1.13 bits per heavy atom. The van der Waals surface area contributed by atoms with Gasteiger partial charge in [-0.05, 0) is 42.5 Å². The maximum Gasteiger partial charge on any atom is 0.319 e. The Morgan fingerprint density at radius 3 is 2.37 bits per heavy atom. The molecule has 1 atom stereocenters. The number of piperidine rings is 1. The maximum absolute atomic E-state index is 12.7. The number of aromatic nitrogens is 2. The van der Waals surface area contributed by atoms with Crippen molar-refractivity contribution in [1.29, 1.82) is 0 Å². The number of urea groups is 1. The lowest BCUT2D eigenvalue weighted by molar-refractivity contribution is 0.219. The monoisotopic (exact) mass is 433 g/mol. The second-order valence-corrected chi connectivity index (χ2v) is 10.7. The van der Waals surface area contributed by atoms with Crippen molar-refractivity contribution in [2.24, 2.45) is 5.41 Å². The molecule has 2 aromatic rings. The molecular weight excluding hydrogens is 402 g/mol. The third-order valence-electron chi connectivity index (χ3n) is 5.37. The highest BCUT2D eigenvalue weighted by Crippen LogP contribution is 2.23. The Labute approximate surface area is 178 Å². The summed E-state index contributed by atoms with van der Waals surface area (Å²) in [5.41, 5.74) is 0.383. The van der Waals surface area contributed by atoms with E-state index in [0.717, 1.165) is 19.3 Å². The molecule has 1 aliphatic rings. The van der Waals surface area contributed by atoms with Crippen molar-refractivity contribution >= 4 is 21.7 Å². The number of nitrogens with one attached hydrogen (secondary N) is 2. The number of nitrogens with zero attached hydrogens (tertiary/aromatic N) is 3. The van der Waals surface area contributed by atoms with Crippen LogP contribution in [0.15, 0.2) is 47.9 Å². The molecule has 164 valence electrons. The van der Waals surface area contributed by atoms with Crippen molar-refractivity contribution in [2.75, 3.05) is 18.4 Å². The first-order valence-electron chi connectivity index (χ1n) is 10.3. The summed E-state index contributed by atoms with van der Waals surface area (Å²) in [6.07, 6.45) is 8.15. The van der Waals surface area contributed by atoms with Crippen LogP contribution in [0.4, 0.5) is 10.5 Å². The molecule has 1 unspecified atom stereocenters. The van der Waals surface area contributed by atoms with Gasteiger partial charge in [-0.1, -0.05) is 27.2 Å². The van der Waals surface area contributed by atoms with Crippen molar-refractivity contribution in [1.82, 2.24) is 19.2 Å². The van der Waals surface area contributed by atoms with Gasteiger partial charge >= 0.3 is 6.03 Å². The SMILES string of the molecule is CC(C)(C)C(Cn1ccnc1)NC(=O)Nc1ccc(S(=O)(=O)N2CCCCC2)cc1. The van der Waals surface area contributed by atoms with Crippen LogP contribution in [0.3, 0.4) is 0 Å². The zero-order valence-electron chi connectivity index (χ0n) is 17.8. The number of anilines is 1. The second-order valence-electron chi connectivity index (χ2n) is 8.77. The quantitative estimate of drug-likeness (QED) is 0.731. The van der Waals surface area contributed by atoms with E-state index in [0.29, 0.717) is 25.3 Å². The lowest BCUT2D eigenvalue weighted by Gasteiger charge is -2.31. The van der Waals surface area contributed by atoms with Gasteiger partial charge in [-0.25, -0.2) is 18.2 Å². The Hall–Kier alpha value is -2.39. The summed E-state index contributed by atoms with van der Waals surface area (Å²) < 4.78 is 29.0. The highest BCUT2D eigenvalue weighted by molar-refractivity contribution is 7.89. The molecule has 0 bridgehead atoms. The molecule has 1 fully saturated rings. The standard InChI is InChI=1S/C21H31N5O3S/c1-21(2,3)19(15-25-14-11-22-16-25)24-20(27)23-17-7-9-18(10-8-17)30(28,29)26-12-5-4-6-13-26/h7-11,14,16,19H,4-6,12-13,15H2,1-3H3,(H2,23,24,27). The van der Waals surface area contributed by atoms with Crippen molar-refractivity contribution in [3.63, 3.8) is 0 Å². The molecule has 9 heteroatoms. The molecule has 0 radical (unpaired) electrons. The van der Waals surface area contributed by atoms with Gasteiger partial charge in [-0.3, -0.25) is 0 Å². The Kier molecular flexibility index (Phi) is 6.82. The summed E-state index contributed by atoms with van der Waals surface area (Å²) in [5.74, 6) is 0. The number of benzene rings is 1. The Morgan fingerprint density at radius 2 is 1.80 bits per heavy atom. The van der Waals surface area contributed by atoms with E-state index in [4.69, 9.17) is 0 Å². The summed E-state index contributed by atoms with van der Waals surface area (Å²) >= 11 is 0. The highest BCUT2D eigenvalue weighted by Gasteiger charge is 2.27. The summed E-state index contributed by atoms with van der Waals surface area (Å²) in [4.78, 5) is 16.9. The van der Waals surface area contributed by atoms with Gasteiger partial charge in [0.05, 0.1) is 17.3 Å². The van der Waals surface area contributed by atoms with E-state index < -0.39 is 10.0 Å². The fourth-order valence-corrected chi connectivity index (χ4v) is 4.95. The summed E-state index contributed by atoms with van der Waals surface area (Å²) in [6.45, 7) is 7.93. The smallest absolute Gasteiger partial charge is 0.319 e. The van der Waals surface area contributed by atoms with Crippen LogP contribution >= 0.6 is 0 Å². The minimum atomic E-state index is -3.48. The molecule has 2 amide bonds. The minimum Gasteiger partial charge on any atom is -0.335 e. The first-order chi connectivity index (χ1) is 14.2. The zero-order chi connectivity index (χ0) is 21.8. The first kappa shape index (κ1) is 22.3. The number of hydrogen-bond acceptors (Lipinski definition) is 4. The van der Waals surface area contributed by atoms with E-state index in [2.05, 4.69) is 36.4 Å². The number of amides is 2. The molecule has 1 aromatic carbocycles. The normalized spacial score (nSPS) is 16.8. The van der Waals surface area contributed by atoms with E-state index in [1.165, 1.54) is 4.31 Å². The number of imidazole rings is 1. The van der Waals surface area contributed by atoms with Gasteiger partial charge in [0.2, 0.25) is 10.0 Å². The van der Waals surface area contributed by atoms with Crippen LogP contribution in [-0.4, -0.2) is 47.4 Å². The minimum absolute atomic E-state index is 0.120. The van der Waals surface area contributed by atoms with Crippen LogP contribution in [0.2, 0.25) is 0 Å². The number of carbonyl (C=O) groups excluding carboxylic acids is 1. The third-order valence-corrected chi connectivity index (χ3v) is 7.28. The van der Waals surface area contributed by atoms with Crippen LogP contribution in [0, 0.1) is 5.41 Å². The molecule has 1 aromatic heterocycles. The number of rotatable bonds is 6. The van der Waals surface area contributed by atoms with Gasteiger partial charge in [0.15, 0.2) is 0 Å². The number of carbonyl (C=O) groups is 1. The molecule has 2 heterocycles. The van der Waals surface area contributed by atoms with Gasteiger partial charge in [0.25, 0.3) is 0 Å². The van der Waals surface area contributed by atoms with Crippen LogP contribution < -0.4 is 10.6 Å². The Bertz CT molecular complexity index is 928. The highest BCUT2D eigenvalue weighted by atomic mass is 32.2. The van der Waals surface area contributed by atoms with Gasteiger partial charge in [0, 0.05) is 37.7 Å². The van der Waals surface area contributed by atoms with Gasteiger partial charge in [0.1, 0.15) is 0 Å². The average molecular weight is 434 g/mol. The first-order valence-corrected chi connectivity index (χ1v) is 11.7. The molecule has 2 N–H and O–H groups in total. The number of hydrogen-bond donors (Lipinski definition) is 2. The van der Waals surface area contributed by atoms with Gasteiger partial charge in [-0.2, -0.15) is 4.31 Å². The molecule has 8 nitrogen and oxygen atoms in total. The maximum atomic E-state index is 12.7. The summed E-state index contributed by atoms with van der Waals surface area (Å²) in [6, 6.07) is 5.89. The molecule has 30 heavy (non-hydrogen) atoms. The fraction of sp³-hybridized carbons (Fsp3) is 0.524. The Balaban J connectivity index is 1.63. The fourth-order valence-electron chi connectivity index (χ4n) is 3.43. The summed E-state index contributed by atoms with van der Waals surface area (Å²) in [5, 5.41) is 5.81. The van der Waals surface area contributed by atoms with Crippen LogP contribution in [0.5, 0.6) is 0 Å². The third kappa shape index (κ3) is 5.60. The average Bonchev–Trinajstić information content (AvgIpc) is 3.21. The van der Waals surface area contributed by atoms with Crippen molar-refractivity contribution in [2.45, 2.75) is 57.5 Å². The van der Waals surface area contributed by atoms with Crippen molar-refractivity contribution < 1.29 is 13.2 Å². The second kappa shape index (κ2) is 9.18. The number of sulfonamides is 1. The van der Waals surface area contributed by atoms with Crippen LogP contribution in [0.25, 0.3) is 0 Å². The predicted molar refractivity (Wildman–Crippen MR) is 117 cm³/mol. The molecule has 0 saturated carbocycles. The van der Waals surface area contributed by atoms with E-state index >= 15 is 0 Å². The molecule has 3 rings (SSSR count). The molecular formula is C21H31N5O3S. The van der Waals surface area contributed by atoms with Crippen molar-refractivity contribution in [3.05, 3.63) is 43.0 Å². The molecule has 0 spiro atoms. The molecule has 1 aliphatic heterocycles. The molecule has 0 aliphatic carbocycles. The van der Waals surface area contributed by atoms with E-state index in [1.54, 1.807) is 36.8 Å². The topological polar surface area (TPSA) is 96.3 Å². The van der Waals surface area contributed by atoms with Crippen LogP contribution in [0.1, 0.15) is 40.0 Å². The van der Waals surface area contributed by atoms with E-state index in [9.17, 15) is 13.2 Å². The van der Waals surface area contributed by atoms with Gasteiger partial charge in [-0.15, -0.1) is 0 Å². The van der Waals surface area contributed by atoms with Crippen molar-refractivity contribution in [3.8, 4) is 0 Å². The van der Waals surface area contributed by atoms with Crippen LogP contribution in [-0.2, 0) is 16.6 Å². The lowest BCUT2D eigenvalue weighted by Crippen LogP contribution is -2.47. The van der Waals surface area contributed by atoms with Gasteiger partial charge < -0.3 is 15.2 Å². The predicted octanol–water partition coefficient (Wildman–Crippen LogP) is 3.29. The van der Waals surface area contributed by atoms with E-state index in [1.807, 2.05) is 10.8 Å². The summed E-state index contributed by atoms with van der Waals surface area (Å²) in [7, 11) is -3.48. The zero-order valence-corrected chi connectivity index (χ0v) is 18.7. The molecule has 1 saturated heterocycles.